The van der Waals surface area contributed by atoms with Gasteiger partial charge in [-0.3, -0.25) is 10.1 Å². The minimum Gasteiger partial charge on any atom is -0.468 e. The Balaban J connectivity index is 1.47. The van der Waals surface area contributed by atoms with Crippen LogP contribution in [0.3, 0.4) is 0 Å². The first-order valence-electron chi connectivity index (χ1n) is 8.64. The van der Waals surface area contributed by atoms with E-state index in [9.17, 15) is 4.79 Å². The number of furan rings is 1. The van der Waals surface area contributed by atoms with Crippen molar-refractivity contribution >= 4 is 17.3 Å². The number of benzene rings is 1. The molecule has 5 heteroatoms. The summed E-state index contributed by atoms with van der Waals surface area (Å²) in [5.41, 5.74) is 2.06. The molecule has 1 aliphatic heterocycles. The Morgan fingerprint density at radius 2 is 1.92 bits per heavy atom. The molecule has 0 radical (unpaired) electrons. The molecule has 1 saturated heterocycles. The lowest BCUT2D eigenvalue weighted by molar-refractivity contribution is -0.115. The summed E-state index contributed by atoms with van der Waals surface area (Å²) in [6.45, 7) is 4.47. The molecule has 0 unspecified atom stereocenters. The topological polar surface area (TPSA) is 57.5 Å². The van der Waals surface area contributed by atoms with Crippen LogP contribution in [0.4, 0.5) is 11.4 Å². The molecule has 0 saturated carbocycles. The van der Waals surface area contributed by atoms with Gasteiger partial charge in [-0.2, -0.15) is 0 Å². The molecule has 0 aliphatic carbocycles. The van der Waals surface area contributed by atoms with Gasteiger partial charge in [0, 0.05) is 24.5 Å². The highest BCUT2D eigenvalue weighted by Gasteiger charge is 2.12. The predicted molar refractivity (Wildman–Crippen MR) is 96.3 cm³/mol. The van der Waals surface area contributed by atoms with E-state index in [4.69, 9.17) is 4.42 Å². The van der Waals surface area contributed by atoms with Crippen LogP contribution in [-0.2, 0) is 4.79 Å². The van der Waals surface area contributed by atoms with Crippen LogP contribution in [0.1, 0.15) is 38.0 Å². The Morgan fingerprint density at radius 1 is 1.17 bits per heavy atom. The number of nitrogens with zero attached hydrogens (tertiary/aromatic N) is 1. The maximum Gasteiger partial charge on any atom is 0.238 e. The van der Waals surface area contributed by atoms with Crippen LogP contribution in [0.15, 0.2) is 47.1 Å². The number of nitrogens with one attached hydrogen (secondary N) is 2. The molecule has 2 N–H and O–H groups in total. The van der Waals surface area contributed by atoms with E-state index in [0.29, 0.717) is 0 Å². The summed E-state index contributed by atoms with van der Waals surface area (Å²) >= 11 is 0. The first kappa shape index (κ1) is 16.6. The minimum atomic E-state index is -0.0564. The third-order valence-electron chi connectivity index (χ3n) is 4.41. The average molecular weight is 327 g/mol. The molecular formula is C19H25N3O2. The van der Waals surface area contributed by atoms with Crippen LogP contribution < -0.4 is 15.5 Å². The van der Waals surface area contributed by atoms with E-state index in [0.717, 1.165) is 24.5 Å². The molecule has 2 aromatic rings. The van der Waals surface area contributed by atoms with Crippen LogP contribution in [0, 0.1) is 0 Å². The molecule has 1 atom stereocenters. The van der Waals surface area contributed by atoms with Crippen LogP contribution in [0.5, 0.6) is 0 Å². The number of carbonyl (C=O) groups is 1. The normalized spacial score (nSPS) is 16.0. The van der Waals surface area contributed by atoms with Gasteiger partial charge in [-0.25, -0.2) is 0 Å². The Hall–Kier alpha value is -2.27. The third kappa shape index (κ3) is 4.38. The lowest BCUT2D eigenvalue weighted by Gasteiger charge is -2.28. The Labute approximate surface area is 143 Å². The van der Waals surface area contributed by atoms with Crippen molar-refractivity contribution in [1.29, 1.82) is 0 Å². The predicted octanol–water partition coefficient (Wildman–Crippen LogP) is 3.56. The van der Waals surface area contributed by atoms with Crippen LogP contribution in [0.25, 0.3) is 0 Å². The zero-order valence-electron chi connectivity index (χ0n) is 14.1. The smallest absolute Gasteiger partial charge is 0.238 e. The van der Waals surface area contributed by atoms with Crippen molar-refractivity contribution in [3.8, 4) is 0 Å². The van der Waals surface area contributed by atoms with Crippen LogP contribution in [-0.4, -0.2) is 25.5 Å². The minimum absolute atomic E-state index is 0.00669. The lowest BCUT2D eigenvalue weighted by atomic mass is 10.1. The second-order valence-corrected chi connectivity index (χ2v) is 6.26. The van der Waals surface area contributed by atoms with Crippen molar-refractivity contribution in [1.82, 2.24) is 5.32 Å². The van der Waals surface area contributed by atoms with Crippen LogP contribution in [0.2, 0.25) is 0 Å². The zero-order valence-corrected chi connectivity index (χ0v) is 14.1. The van der Waals surface area contributed by atoms with Gasteiger partial charge in [0.25, 0.3) is 0 Å². The number of carbonyl (C=O) groups excluding carboxylic acids is 1. The van der Waals surface area contributed by atoms with E-state index in [1.807, 2.05) is 31.2 Å². The molecule has 1 aromatic carbocycles. The molecule has 1 aliphatic rings. The molecule has 128 valence electrons. The summed E-state index contributed by atoms with van der Waals surface area (Å²) in [6.07, 6.45) is 5.49. The molecule has 1 amide bonds. The number of rotatable bonds is 6. The van der Waals surface area contributed by atoms with E-state index >= 15 is 0 Å². The lowest BCUT2D eigenvalue weighted by Crippen LogP contribution is -2.30. The quantitative estimate of drug-likeness (QED) is 0.852. The van der Waals surface area contributed by atoms with E-state index in [2.05, 4.69) is 27.7 Å². The van der Waals surface area contributed by atoms with Crippen molar-refractivity contribution in [2.45, 2.75) is 32.2 Å². The fraction of sp³-hybridized carbons (Fsp3) is 0.421. The fourth-order valence-corrected chi connectivity index (χ4v) is 3.00. The Morgan fingerprint density at radius 3 is 2.58 bits per heavy atom. The molecule has 3 rings (SSSR count). The second kappa shape index (κ2) is 8.02. The molecule has 0 bridgehead atoms. The summed E-state index contributed by atoms with van der Waals surface area (Å²) in [6, 6.07) is 11.9. The highest BCUT2D eigenvalue weighted by atomic mass is 16.3. The molecule has 2 heterocycles. The van der Waals surface area contributed by atoms with Gasteiger partial charge < -0.3 is 14.6 Å². The molecule has 0 spiro atoms. The van der Waals surface area contributed by atoms with Crippen molar-refractivity contribution < 1.29 is 9.21 Å². The van der Waals surface area contributed by atoms with Gasteiger partial charge in [0.2, 0.25) is 5.91 Å². The number of anilines is 2. The van der Waals surface area contributed by atoms with Gasteiger partial charge in [-0.15, -0.1) is 0 Å². The van der Waals surface area contributed by atoms with Gasteiger partial charge in [0.1, 0.15) is 5.76 Å². The average Bonchev–Trinajstić information content (AvgIpc) is 3.16. The van der Waals surface area contributed by atoms with E-state index < -0.39 is 0 Å². The summed E-state index contributed by atoms with van der Waals surface area (Å²) in [5.74, 6) is 0.771. The van der Waals surface area contributed by atoms with Crippen molar-refractivity contribution in [2.75, 3.05) is 29.9 Å². The van der Waals surface area contributed by atoms with Crippen LogP contribution >= 0.6 is 0 Å². The first-order valence-corrected chi connectivity index (χ1v) is 8.64. The van der Waals surface area contributed by atoms with Crippen molar-refractivity contribution in [2.24, 2.45) is 0 Å². The second-order valence-electron chi connectivity index (χ2n) is 6.26. The molecule has 1 aromatic heterocycles. The fourth-order valence-electron chi connectivity index (χ4n) is 3.00. The highest BCUT2D eigenvalue weighted by Crippen LogP contribution is 2.21. The van der Waals surface area contributed by atoms with Gasteiger partial charge >= 0.3 is 0 Å². The largest absolute Gasteiger partial charge is 0.468 e. The number of hydrogen-bond acceptors (Lipinski definition) is 4. The number of amides is 1. The Kier molecular flexibility index (Phi) is 5.54. The monoisotopic (exact) mass is 327 g/mol. The number of piperidine rings is 1. The molecule has 1 fully saturated rings. The molecule has 24 heavy (non-hydrogen) atoms. The standard InChI is InChI=1S/C19H25N3O2/c1-15(18-6-5-13-24-18)20-14-19(23)21-16-7-9-17(10-8-16)22-11-3-2-4-12-22/h5-10,13,15,20H,2-4,11-12,14H2,1H3,(H,21,23)/t15-/m1/s1. The third-order valence-corrected chi connectivity index (χ3v) is 4.41. The molecular weight excluding hydrogens is 302 g/mol. The Bertz CT molecular complexity index is 631. The summed E-state index contributed by atoms with van der Waals surface area (Å²) in [7, 11) is 0. The maximum atomic E-state index is 12.1. The van der Waals surface area contributed by atoms with Crippen molar-refractivity contribution in [3.63, 3.8) is 0 Å². The zero-order chi connectivity index (χ0) is 16.8. The molecule has 5 nitrogen and oxygen atoms in total. The van der Waals surface area contributed by atoms with Gasteiger partial charge in [0.15, 0.2) is 0 Å². The van der Waals surface area contributed by atoms with Crippen molar-refractivity contribution in [3.05, 3.63) is 48.4 Å². The van der Waals surface area contributed by atoms with E-state index in [-0.39, 0.29) is 18.5 Å². The van der Waals surface area contributed by atoms with Gasteiger partial charge in [-0.1, -0.05) is 0 Å². The van der Waals surface area contributed by atoms with E-state index in [1.165, 1.54) is 24.9 Å². The summed E-state index contributed by atoms with van der Waals surface area (Å²) in [4.78, 5) is 14.5. The summed E-state index contributed by atoms with van der Waals surface area (Å²) in [5, 5.41) is 6.08. The van der Waals surface area contributed by atoms with Gasteiger partial charge in [-0.05, 0) is 62.6 Å². The summed E-state index contributed by atoms with van der Waals surface area (Å²) < 4.78 is 5.32. The van der Waals surface area contributed by atoms with E-state index in [1.54, 1.807) is 6.26 Å². The highest BCUT2D eigenvalue weighted by molar-refractivity contribution is 5.92. The number of hydrogen-bond donors (Lipinski definition) is 2. The van der Waals surface area contributed by atoms with Gasteiger partial charge in [0.05, 0.1) is 18.8 Å². The maximum absolute atomic E-state index is 12.1. The first-order chi connectivity index (χ1) is 11.7. The SMILES string of the molecule is C[C@@H](NCC(=O)Nc1ccc(N2CCCCC2)cc1)c1ccco1.